The number of unbranched alkanes of at least 4 members (excludes halogenated alkanes) is 1. The van der Waals surface area contributed by atoms with Gasteiger partial charge in [-0.15, -0.1) is 0 Å². The van der Waals surface area contributed by atoms with Crippen LogP contribution in [0.4, 0.5) is 5.69 Å². The molecule has 8 heteroatoms. The molecule has 7 nitrogen and oxygen atoms in total. The SMILES string of the molecule is CCCCNC(=O)[C@@H](CC)N(Cc1ccccc1)C(=O)CN(c1cc(C)cc(C)c1)S(=O)(=O)c1ccc(C)cc1. The van der Waals surface area contributed by atoms with Crippen LogP contribution in [-0.4, -0.2) is 44.3 Å². The minimum Gasteiger partial charge on any atom is -0.354 e. The summed E-state index contributed by atoms with van der Waals surface area (Å²) in [6.07, 6.45) is 2.17. The van der Waals surface area contributed by atoms with Gasteiger partial charge in [-0.05, 0) is 74.6 Å². The lowest BCUT2D eigenvalue weighted by Crippen LogP contribution is -2.52. The Hall–Kier alpha value is -3.65. The van der Waals surface area contributed by atoms with Gasteiger partial charge in [0.1, 0.15) is 12.6 Å². The van der Waals surface area contributed by atoms with Gasteiger partial charge in [0, 0.05) is 13.1 Å². The first kappa shape index (κ1) is 30.9. The van der Waals surface area contributed by atoms with Gasteiger partial charge in [0.15, 0.2) is 0 Å². The van der Waals surface area contributed by atoms with Crippen molar-refractivity contribution in [3.63, 3.8) is 0 Å². The zero-order valence-electron chi connectivity index (χ0n) is 24.2. The summed E-state index contributed by atoms with van der Waals surface area (Å²) in [6.45, 7) is 9.85. The molecule has 0 aliphatic heterocycles. The lowest BCUT2D eigenvalue weighted by Gasteiger charge is -2.33. The standard InChI is InChI=1S/C32H41N3O4S/c1-6-8-18-33-32(37)30(7-2)34(22-27-12-10-9-11-13-27)31(36)23-35(28-20-25(4)19-26(5)21-28)40(38,39)29-16-14-24(3)15-17-29/h9-17,19-21,30H,6-8,18,22-23H2,1-5H3,(H,33,37)/t30-/m1/s1. The van der Waals surface area contributed by atoms with Crippen LogP contribution in [0.3, 0.4) is 0 Å². The molecule has 2 amide bonds. The average molecular weight is 564 g/mol. The molecule has 0 aromatic heterocycles. The zero-order valence-corrected chi connectivity index (χ0v) is 25.0. The van der Waals surface area contributed by atoms with E-state index in [0.29, 0.717) is 18.7 Å². The molecule has 0 bridgehead atoms. The highest BCUT2D eigenvalue weighted by molar-refractivity contribution is 7.92. The van der Waals surface area contributed by atoms with Crippen LogP contribution in [-0.2, 0) is 26.2 Å². The number of anilines is 1. The molecule has 0 aliphatic rings. The Bertz CT molecular complexity index is 1370. The summed E-state index contributed by atoms with van der Waals surface area (Å²) >= 11 is 0. The molecular formula is C32H41N3O4S. The number of carbonyl (C=O) groups is 2. The van der Waals surface area contributed by atoms with Crippen LogP contribution in [0.5, 0.6) is 0 Å². The Labute approximate surface area is 239 Å². The molecule has 0 spiro atoms. The van der Waals surface area contributed by atoms with Gasteiger partial charge in [-0.2, -0.15) is 0 Å². The molecule has 3 aromatic rings. The zero-order chi connectivity index (χ0) is 29.3. The molecule has 0 radical (unpaired) electrons. The van der Waals surface area contributed by atoms with Gasteiger partial charge in [0.05, 0.1) is 10.6 Å². The van der Waals surface area contributed by atoms with Crippen molar-refractivity contribution in [2.24, 2.45) is 0 Å². The molecule has 1 N–H and O–H groups in total. The van der Waals surface area contributed by atoms with Gasteiger partial charge in [-0.3, -0.25) is 13.9 Å². The fraction of sp³-hybridized carbons (Fsp3) is 0.375. The summed E-state index contributed by atoms with van der Waals surface area (Å²) in [5.74, 6) is -0.684. The number of sulfonamides is 1. The first-order chi connectivity index (χ1) is 19.1. The quantitative estimate of drug-likeness (QED) is 0.277. The van der Waals surface area contributed by atoms with Crippen LogP contribution in [0.25, 0.3) is 0 Å². The minimum absolute atomic E-state index is 0.101. The summed E-state index contributed by atoms with van der Waals surface area (Å²) < 4.78 is 29.2. The number of hydrogen-bond donors (Lipinski definition) is 1. The molecule has 214 valence electrons. The average Bonchev–Trinajstić information content (AvgIpc) is 2.91. The molecule has 1 atom stereocenters. The third kappa shape index (κ3) is 7.94. The molecule has 0 saturated heterocycles. The second kappa shape index (κ2) is 14.1. The van der Waals surface area contributed by atoms with Crippen molar-refractivity contribution in [2.75, 3.05) is 17.4 Å². The van der Waals surface area contributed by atoms with E-state index in [-0.39, 0.29) is 17.3 Å². The van der Waals surface area contributed by atoms with Gasteiger partial charge in [0.2, 0.25) is 11.8 Å². The van der Waals surface area contributed by atoms with E-state index >= 15 is 0 Å². The van der Waals surface area contributed by atoms with Crippen molar-refractivity contribution in [2.45, 2.75) is 71.4 Å². The summed E-state index contributed by atoms with van der Waals surface area (Å²) in [4.78, 5) is 29.0. The highest BCUT2D eigenvalue weighted by Crippen LogP contribution is 2.27. The second-order valence-corrected chi connectivity index (χ2v) is 12.1. The van der Waals surface area contributed by atoms with Crippen molar-refractivity contribution in [1.82, 2.24) is 10.2 Å². The van der Waals surface area contributed by atoms with E-state index in [4.69, 9.17) is 0 Å². The van der Waals surface area contributed by atoms with E-state index in [1.807, 2.05) is 71.0 Å². The Balaban J connectivity index is 2.05. The van der Waals surface area contributed by atoms with Crippen molar-refractivity contribution in [1.29, 1.82) is 0 Å². The minimum atomic E-state index is -4.09. The summed E-state index contributed by atoms with van der Waals surface area (Å²) in [5, 5.41) is 2.95. The first-order valence-corrected chi connectivity index (χ1v) is 15.3. The Morgan fingerprint density at radius 3 is 2.05 bits per heavy atom. The third-order valence-electron chi connectivity index (χ3n) is 6.79. The molecular weight excluding hydrogens is 522 g/mol. The molecule has 3 aromatic carbocycles. The van der Waals surface area contributed by atoms with E-state index in [1.54, 1.807) is 36.4 Å². The maximum Gasteiger partial charge on any atom is 0.264 e. The van der Waals surface area contributed by atoms with Crippen LogP contribution in [0.1, 0.15) is 55.4 Å². The normalized spacial score (nSPS) is 12.0. The van der Waals surface area contributed by atoms with Crippen LogP contribution in [0.15, 0.2) is 77.7 Å². The maximum atomic E-state index is 14.1. The highest BCUT2D eigenvalue weighted by Gasteiger charge is 2.33. The lowest BCUT2D eigenvalue weighted by molar-refractivity contribution is -0.140. The Morgan fingerprint density at radius 2 is 1.48 bits per heavy atom. The van der Waals surface area contributed by atoms with Crippen LogP contribution >= 0.6 is 0 Å². The fourth-order valence-electron chi connectivity index (χ4n) is 4.67. The number of aryl methyl sites for hydroxylation is 3. The summed E-state index contributed by atoms with van der Waals surface area (Å²) in [7, 11) is -4.09. The number of benzene rings is 3. The second-order valence-electron chi connectivity index (χ2n) is 10.2. The van der Waals surface area contributed by atoms with E-state index in [2.05, 4.69) is 5.32 Å². The summed E-state index contributed by atoms with van der Waals surface area (Å²) in [6, 6.07) is 20.8. The van der Waals surface area contributed by atoms with Crippen LogP contribution in [0.2, 0.25) is 0 Å². The van der Waals surface area contributed by atoms with E-state index in [1.165, 1.54) is 9.21 Å². The molecule has 40 heavy (non-hydrogen) atoms. The number of nitrogens with zero attached hydrogens (tertiary/aromatic N) is 2. The summed E-state index contributed by atoms with van der Waals surface area (Å²) in [5.41, 5.74) is 3.97. The van der Waals surface area contributed by atoms with E-state index in [9.17, 15) is 18.0 Å². The molecule has 0 heterocycles. The Morgan fingerprint density at radius 1 is 0.850 bits per heavy atom. The van der Waals surface area contributed by atoms with Gasteiger partial charge >= 0.3 is 0 Å². The number of rotatable bonds is 13. The smallest absolute Gasteiger partial charge is 0.264 e. The maximum absolute atomic E-state index is 14.1. The van der Waals surface area contributed by atoms with Gasteiger partial charge in [-0.25, -0.2) is 8.42 Å². The number of carbonyl (C=O) groups excluding carboxylic acids is 2. The fourth-order valence-corrected chi connectivity index (χ4v) is 6.06. The monoisotopic (exact) mass is 563 g/mol. The van der Waals surface area contributed by atoms with Gasteiger partial charge in [0.25, 0.3) is 10.0 Å². The predicted molar refractivity (Wildman–Crippen MR) is 161 cm³/mol. The molecule has 0 unspecified atom stereocenters. The molecule has 3 rings (SSSR count). The largest absolute Gasteiger partial charge is 0.354 e. The predicted octanol–water partition coefficient (Wildman–Crippen LogP) is 5.53. The Kier molecular flexibility index (Phi) is 10.9. The highest BCUT2D eigenvalue weighted by atomic mass is 32.2. The van der Waals surface area contributed by atoms with Crippen LogP contribution < -0.4 is 9.62 Å². The number of nitrogens with one attached hydrogen (secondary N) is 1. The lowest BCUT2D eigenvalue weighted by atomic mass is 10.1. The number of amides is 2. The molecule has 0 aliphatic carbocycles. The van der Waals surface area contributed by atoms with Crippen molar-refractivity contribution in [3.05, 3.63) is 95.1 Å². The van der Waals surface area contributed by atoms with Crippen LogP contribution in [0, 0.1) is 20.8 Å². The van der Waals surface area contributed by atoms with Gasteiger partial charge in [-0.1, -0.05) is 74.4 Å². The third-order valence-corrected chi connectivity index (χ3v) is 8.58. The first-order valence-electron chi connectivity index (χ1n) is 13.9. The number of hydrogen-bond acceptors (Lipinski definition) is 4. The van der Waals surface area contributed by atoms with E-state index < -0.39 is 28.5 Å². The van der Waals surface area contributed by atoms with Crippen molar-refractivity contribution >= 4 is 27.5 Å². The molecule has 0 saturated carbocycles. The topological polar surface area (TPSA) is 86.8 Å². The van der Waals surface area contributed by atoms with E-state index in [0.717, 1.165) is 35.1 Å². The van der Waals surface area contributed by atoms with Gasteiger partial charge < -0.3 is 10.2 Å². The van der Waals surface area contributed by atoms with Crippen molar-refractivity contribution in [3.8, 4) is 0 Å². The van der Waals surface area contributed by atoms with Crippen molar-refractivity contribution < 1.29 is 18.0 Å². The molecule has 0 fully saturated rings.